The number of aliphatic hydroxyl groups excluding tert-OH is 1. The van der Waals surface area contributed by atoms with Crippen LogP contribution in [0.15, 0.2) is 28.9 Å². The largest absolute Gasteiger partial charge is 0.416 e. The van der Waals surface area contributed by atoms with Crippen LogP contribution in [0.3, 0.4) is 0 Å². The van der Waals surface area contributed by atoms with Crippen molar-refractivity contribution in [3.8, 4) is 0 Å². The summed E-state index contributed by atoms with van der Waals surface area (Å²) in [4.78, 5) is 0. The first kappa shape index (κ1) is 16.0. The second-order valence-corrected chi connectivity index (χ2v) is 5.43. The zero-order valence-electron chi connectivity index (χ0n) is 11.1. The van der Waals surface area contributed by atoms with Gasteiger partial charge >= 0.3 is 6.18 Å². The molecule has 0 spiro atoms. The number of rotatable bonds is 4. The van der Waals surface area contributed by atoms with Gasteiger partial charge in [0, 0.05) is 11.0 Å². The zero-order chi connectivity index (χ0) is 15.6. The van der Waals surface area contributed by atoms with Gasteiger partial charge in [-0.05, 0) is 24.1 Å². The normalized spacial score (nSPS) is 13.4. The van der Waals surface area contributed by atoms with E-state index in [0.29, 0.717) is 11.0 Å². The Balaban J connectivity index is 2.48. The van der Waals surface area contributed by atoms with Crippen LogP contribution in [-0.2, 0) is 12.7 Å². The third-order valence-corrected chi connectivity index (χ3v) is 3.47. The van der Waals surface area contributed by atoms with Crippen molar-refractivity contribution in [3.05, 3.63) is 45.7 Å². The average Bonchev–Trinajstić information content (AvgIpc) is 2.85. The molecule has 114 valence electrons. The lowest BCUT2D eigenvalue weighted by Gasteiger charge is -2.18. The number of hydrogen-bond acceptors (Lipinski definition) is 3. The monoisotopic (exact) mass is 363 g/mol. The van der Waals surface area contributed by atoms with Crippen molar-refractivity contribution in [3.63, 3.8) is 0 Å². The van der Waals surface area contributed by atoms with E-state index in [9.17, 15) is 18.3 Å². The molecule has 0 bridgehead atoms. The van der Waals surface area contributed by atoms with Crippen LogP contribution in [0.1, 0.15) is 36.3 Å². The molecule has 0 aliphatic heterocycles. The zero-order valence-corrected chi connectivity index (χ0v) is 12.7. The molecule has 0 aliphatic rings. The Morgan fingerprint density at radius 3 is 2.71 bits per heavy atom. The third kappa shape index (κ3) is 3.44. The molecule has 1 heterocycles. The van der Waals surface area contributed by atoms with Crippen LogP contribution >= 0.6 is 15.9 Å². The number of aliphatic hydroxyl groups is 1. The van der Waals surface area contributed by atoms with Crippen molar-refractivity contribution in [2.75, 3.05) is 0 Å². The number of aryl methyl sites for hydroxylation is 1. The average molecular weight is 364 g/mol. The van der Waals surface area contributed by atoms with E-state index in [-0.39, 0.29) is 11.3 Å². The highest BCUT2D eigenvalue weighted by atomic mass is 79.9. The van der Waals surface area contributed by atoms with Crippen LogP contribution in [-0.4, -0.2) is 20.1 Å². The van der Waals surface area contributed by atoms with Gasteiger partial charge in [-0.3, -0.25) is 0 Å². The maximum absolute atomic E-state index is 13.1. The lowest BCUT2D eigenvalue weighted by molar-refractivity contribution is -0.139. The first-order valence-electron chi connectivity index (χ1n) is 6.27. The molecule has 1 atom stereocenters. The lowest BCUT2D eigenvalue weighted by atomic mass is 10.00. The van der Waals surface area contributed by atoms with Crippen LogP contribution in [0.4, 0.5) is 13.2 Å². The molecule has 2 rings (SSSR count). The van der Waals surface area contributed by atoms with Gasteiger partial charge in [0.15, 0.2) is 0 Å². The Bertz CT molecular complexity index is 627. The van der Waals surface area contributed by atoms with Gasteiger partial charge < -0.3 is 5.11 Å². The van der Waals surface area contributed by atoms with Crippen LogP contribution in [0.2, 0.25) is 0 Å². The van der Waals surface area contributed by atoms with Crippen molar-refractivity contribution in [1.29, 1.82) is 0 Å². The molecule has 21 heavy (non-hydrogen) atoms. The highest BCUT2D eigenvalue weighted by Gasteiger charge is 2.36. The number of halogens is 4. The van der Waals surface area contributed by atoms with E-state index in [4.69, 9.17) is 0 Å². The fourth-order valence-corrected chi connectivity index (χ4v) is 2.40. The molecule has 1 aromatic heterocycles. The topological polar surface area (TPSA) is 50.9 Å². The van der Waals surface area contributed by atoms with E-state index in [1.165, 1.54) is 23.0 Å². The fourth-order valence-electron chi connectivity index (χ4n) is 2.03. The Hall–Kier alpha value is -1.41. The smallest absolute Gasteiger partial charge is 0.382 e. The predicted octanol–water partition coefficient (Wildman–Crippen LogP) is 3.55. The van der Waals surface area contributed by atoms with E-state index in [1.807, 2.05) is 6.92 Å². The van der Waals surface area contributed by atoms with E-state index in [0.717, 1.165) is 12.5 Å². The third-order valence-electron chi connectivity index (χ3n) is 2.98. The van der Waals surface area contributed by atoms with Gasteiger partial charge in [-0.25, -0.2) is 4.68 Å². The van der Waals surface area contributed by atoms with Crippen LogP contribution < -0.4 is 0 Å². The van der Waals surface area contributed by atoms with Gasteiger partial charge in [0.25, 0.3) is 0 Å². The summed E-state index contributed by atoms with van der Waals surface area (Å²) in [6.07, 6.45) is -3.97. The minimum Gasteiger partial charge on any atom is -0.382 e. The maximum atomic E-state index is 13.1. The summed E-state index contributed by atoms with van der Waals surface area (Å²) in [7, 11) is 0. The van der Waals surface area contributed by atoms with Crippen LogP contribution in [0, 0.1) is 0 Å². The number of alkyl halides is 3. The van der Waals surface area contributed by atoms with E-state index in [2.05, 4.69) is 26.2 Å². The molecule has 2 aromatic rings. The Morgan fingerprint density at radius 1 is 1.38 bits per heavy atom. The molecule has 1 N–H and O–H groups in total. The fraction of sp³-hybridized carbons (Fsp3) is 0.385. The number of nitrogens with zero attached hydrogens (tertiary/aromatic N) is 3. The molecule has 4 nitrogen and oxygen atoms in total. The van der Waals surface area contributed by atoms with Gasteiger partial charge in [-0.2, -0.15) is 13.2 Å². The number of hydrogen-bond donors (Lipinski definition) is 1. The van der Waals surface area contributed by atoms with Crippen molar-refractivity contribution < 1.29 is 18.3 Å². The van der Waals surface area contributed by atoms with Gasteiger partial charge in [-0.15, -0.1) is 5.10 Å². The minimum atomic E-state index is -4.55. The van der Waals surface area contributed by atoms with E-state index < -0.39 is 17.8 Å². The highest BCUT2D eigenvalue weighted by molar-refractivity contribution is 9.10. The first-order valence-corrected chi connectivity index (χ1v) is 7.07. The standard InChI is InChI=1S/C13H13BrF3N3O/c1-2-5-20-11(7-18-19-20)12(21)9-4-3-8(14)6-10(9)13(15,16)17/h3-4,6-7,12,21H,2,5H2,1H3. The first-order chi connectivity index (χ1) is 9.84. The molecule has 8 heteroatoms. The summed E-state index contributed by atoms with van der Waals surface area (Å²) in [6, 6.07) is 3.66. The molecule has 0 amide bonds. The molecule has 0 radical (unpaired) electrons. The summed E-state index contributed by atoms with van der Waals surface area (Å²) >= 11 is 3.01. The Labute approximate surface area is 127 Å². The number of benzene rings is 1. The van der Waals surface area contributed by atoms with Crippen molar-refractivity contribution in [1.82, 2.24) is 15.0 Å². The van der Waals surface area contributed by atoms with E-state index >= 15 is 0 Å². The van der Waals surface area contributed by atoms with Gasteiger partial charge in [-0.1, -0.05) is 34.1 Å². The van der Waals surface area contributed by atoms with E-state index in [1.54, 1.807) is 0 Å². The molecule has 0 fully saturated rings. The minimum absolute atomic E-state index is 0.217. The SMILES string of the molecule is CCCn1nncc1C(O)c1ccc(Br)cc1C(F)(F)F. The maximum Gasteiger partial charge on any atom is 0.416 e. The van der Waals surface area contributed by atoms with Gasteiger partial charge in [0.05, 0.1) is 17.5 Å². The molecular formula is C13H13BrF3N3O. The van der Waals surface area contributed by atoms with Crippen LogP contribution in [0.25, 0.3) is 0 Å². The quantitative estimate of drug-likeness (QED) is 0.903. The van der Waals surface area contributed by atoms with Gasteiger partial charge in [0.2, 0.25) is 0 Å². The summed E-state index contributed by atoms with van der Waals surface area (Å²) in [6.45, 7) is 2.38. The lowest BCUT2D eigenvalue weighted by Crippen LogP contribution is -2.16. The van der Waals surface area contributed by atoms with Gasteiger partial charge in [0.1, 0.15) is 6.10 Å². The molecular weight excluding hydrogens is 351 g/mol. The molecule has 0 saturated carbocycles. The summed E-state index contributed by atoms with van der Waals surface area (Å²) < 4.78 is 41.0. The van der Waals surface area contributed by atoms with Crippen molar-refractivity contribution >= 4 is 15.9 Å². The Kier molecular flexibility index (Phi) is 4.67. The highest BCUT2D eigenvalue weighted by Crippen LogP contribution is 2.37. The summed E-state index contributed by atoms with van der Waals surface area (Å²) in [5.41, 5.74) is -0.858. The number of aromatic nitrogens is 3. The Morgan fingerprint density at radius 2 is 2.10 bits per heavy atom. The molecule has 0 saturated heterocycles. The molecule has 0 aliphatic carbocycles. The van der Waals surface area contributed by atoms with Crippen molar-refractivity contribution in [2.45, 2.75) is 32.2 Å². The van der Waals surface area contributed by atoms with Crippen molar-refractivity contribution in [2.24, 2.45) is 0 Å². The second kappa shape index (κ2) is 6.15. The molecule has 1 aromatic carbocycles. The molecule has 1 unspecified atom stereocenters. The second-order valence-electron chi connectivity index (χ2n) is 4.51. The summed E-state index contributed by atoms with van der Waals surface area (Å²) in [5.74, 6) is 0. The summed E-state index contributed by atoms with van der Waals surface area (Å²) in [5, 5.41) is 17.7. The van der Waals surface area contributed by atoms with Crippen LogP contribution in [0.5, 0.6) is 0 Å². The predicted molar refractivity (Wildman–Crippen MR) is 73.5 cm³/mol.